The molecular formula is C29H35N3O4S. The standard InChI is InChI=1S/C29H35N3O4S/c1-20-11-6-7-12-23(20)19-31(21(2)28(34)30-29(3,4)5)26(33)17-10-18-32-24-15-8-13-22-14-9-16-25(27(22)24)37(32,35)36/h6-9,11-16,21H,10,17-19H2,1-5H3,(H,30,34). The van der Waals surface area contributed by atoms with Crippen LogP contribution in [0.25, 0.3) is 10.8 Å². The molecule has 2 amide bonds. The van der Waals surface area contributed by atoms with Gasteiger partial charge >= 0.3 is 0 Å². The van der Waals surface area contributed by atoms with E-state index in [2.05, 4.69) is 5.32 Å². The Labute approximate surface area is 219 Å². The molecule has 3 aromatic carbocycles. The summed E-state index contributed by atoms with van der Waals surface area (Å²) in [5.74, 6) is -0.411. The SMILES string of the molecule is Cc1ccccc1CN(C(=O)CCCN1c2cccc3cccc(c23)S1(=O)=O)C(C)C(=O)NC(C)(C)C. The van der Waals surface area contributed by atoms with Gasteiger partial charge in [-0.2, -0.15) is 0 Å². The van der Waals surface area contributed by atoms with Gasteiger partial charge < -0.3 is 10.2 Å². The van der Waals surface area contributed by atoms with Crippen molar-refractivity contribution in [1.29, 1.82) is 0 Å². The molecule has 0 bridgehead atoms. The molecule has 0 radical (unpaired) electrons. The summed E-state index contributed by atoms with van der Waals surface area (Å²) < 4.78 is 27.9. The fraction of sp³-hybridized carbons (Fsp3) is 0.379. The molecule has 7 nitrogen and oxygen atoms in total. The highest BCUT2D eigenvalue weighted by Crippen LogP contribution is 2.42. The minimum atomic E-state index is -3.68. The van der Waals surface area contributed by atoms with Crippen LogP contribution in [-0.2, 0) is 26.2 Å². The molecular weight excluding hydrogens is 486 g/mol. The van der Waals surface area contributed by atoms with Crippen LogP contribution in [0.1, 0.15) is 51.7 Å². The quantitative estimate of drug-likeness (QED) is 0.463. The van der Waals surface area contributed by atoms with Crippen molar-refractivity contribution in [1.82, 2.24) is 10.2 Å². The minimum absolute atomic E-state index is 0.122. The zero-order valence-electron chi connectivity index (χ0n) is 22.1. The molecule has 1 N–H and O–H groups in total. The summed E-state index contributed by atoms with van der Waals surface area (Å²) in [6.07, 6.45) is 0.456. The van der Waals surface area contributed by atoms with E-state index >= 15 is 0 Å². The van der Waals surface area contributed by atoms with E-state index in [4.69, 9.17) is 0 Å². The number of sulfonamides is 1. The zero-order chi connectivity index (χ0) is 27.0. The number of nitrogens with one attached hydrogen (secondary N) is 1. The lowest BCUT2D eigenvalue weighted by Crippen LogP contribution is -2.52. The molecule has 37 heavy (non-hydrogen) atoms. The van der Waals surface area contributed by atoms with Gasteiger partial charge in [-0.25, -0.2) is 8.42 Å². The monoisotopic (exact) mass is 521 g/mol. The summed E-state index contributed by atoms with van der Waals surface area (Å²) in [4.78, 5) is 28.4. The van der Waals surface area contributed by atoms with E-state index in [9.17, 15) is 18.0 Å². The number of benzene rings is 3. The van der Waals surface area contributed by atoms with Crippen molar-refractivity contribution in [3.05, 3.63) is 71.8 Å². The molecule has 0 aromatic heterocycles. The van der Waals surface area contributed by atoms with Gasteiger partial charge in [0.05, 0.1) is 10.6 Å². The molecule has 0 saturated heterocycles. The highest BCUT2D eigenvalue weighted by Gasteiger charge is 2.35. The van der Waals surface area contributed by atoms with E-state index in [-0.39, 0.29) is 24.8 Å². The van der Waals surface area contributed by atoms with Crippen molar-refractivity contribution in [3.63, 3.8) is 0 Å². The number of rotatable bonds is 8. The summed E-state index contributed by atoms with van der Waals surface area (Å²) in [6, 6.07) is 18.0. The summed E-state index contributed by atoms with van der Waals surface area (Å²) >= 11 is 0. The molecule has 4 rings (SSSR count). The highest BCUT2D eigenvalue weighted by molar-refractivity contribution is 7.93. The van der Waals surface area contributed by atoms with E-state index < -0.39 is 21.6 Å². The minimum Gasteiger partial charge on any atom is -0.350 e. The number of aryl methyl sites for hydroxylation is 1. The maximum atomic E-state index is 13.5. The Morgan fingerprint density at radius 3 is 2.35 bits per heavy atom. The molecule has 1 unspecified atom stereocenters. The summed E-state index contributed by atoms with van der Waals surface area (Å²) in [5.41, 5.74) is 2.23. The normalized spacial score (nSPS) is 15.0. The molecule has 0 saturated carbocycles. The highest BCUT2D eigenvalue weighted by atomic mass is 32.2. The second kappa shape index (κ2) is 10.2. The molecule has 1 heterocycles. The van der Waals surface area contributed by atoms with Gasteiger partial charge in [0, 0.05) is 30.4 Å². The van der Waals surface area contributed by atoms with Crippen LogP contribution < -0.4 is 9.62 Å². The van der Waals surface area contributed by atoms with Gasteiger partial charge in [-0.3, -0.25) is 13.9 Å². The van der Waals surface area contributed by atoms with Crippen LogP contribution in [0.5, 0.6) is 0 Å². The van der Waals surface area contributed by atoms with E-state index in [1.807, 2.05) is 76.2 Å². The Morgan fingerprint density at radius 2 is 1.68 bits per heavy atom. The Morgan fingerprint density at radius 1 is 1.00 bits per heavy atom. The smallest absolute Gasteiger partial charge is 0.265 e. The molecule has 0 fully saturated rings. The summed E-state index contributed by atoms with van der Waals surface area (Å²) in [7, 11) is -3.68. The first-order chi connectivity index (χ1) is 17.4. The number of carbonyl (C=O) groups excluding carboxylic acids is 2. The van der Waals surface area contributed by atoms with Crippen molar-refractivity contribution in [2.24, 2.45) is 0 Å². The van der Waals surface area contributed by atoms with Gasteiger partial charge in [0.15, 0.2) is 0 Å². The first kappa shape index (κ1) is 26.7. The number of anilines is 1. The van der Waals surface area contributed by atoms with E-state index in [1.54, 1.807) is 24.0 Å². The van der Waals surface area contributed by atoms with Crippen molar-refractivity contribution in [2.45, 2.75) is 70.5 Å². The van der Waals surface area contributed by atoms with Gasteiger partial charge in [-0.1, -0.05) is 48.5 Å². The molecule has 196 valence electrons. The molecule has 0 aliphatic carbocycles. The fourth-order valence-electron chi connectivity index (χ4n) is 4.74. The fourth-order valence-corrected chi connectivity index (χ4v) is 6.49. The molecule has 1 aliphatic heterocycles. The summed E-state index contributed by atoms with van der Waals surface area (Å²) in [6.45, 7) is 9.91. The van der Waals surface area contributed by atoms with Gasteiger partial charge in [0.1, 0.15) is 6.04 Å². The third-order valence-corrected chi connectivity index (χ3v) is 8.56. The molecule has 3 aromatic rings. The van der Waals surface area contributed by atoms with Crippen LogP contribution in [0.2, 0.25) is 0 Å². The van der Waals surface area contributed by atoms with Crippen molar-refractivity contribution < 1.29 is 18.0 Å². The van der Waals surface area contributed by atoms with Crippen LogP contribution in [0.15, 0.2) is 65.6 Å². The van der Waals surface area contributed by atoms with E-state index in [0.717, 1.165) is 21.9 Å². The largest absolute Gasteiger partial charge is 0.350 e. The number of hydrogen-bond donors (Lipinski definition) is 1. The Bertz CT molecular complexity index is 1440. The van der Waals surface area contributed by atoms with Crippen LogP contribution in [0, 0.1) is 6.92 Å². The molecule has 8 heteroatoms. The third-order valence-electron chi connectivity index (χ3n) is 6.70. The Hall–Kier alpha value is -3.39. The van der Waals surface area contributed by atoms with Crippen LogP contribution >= 0.6 is 0 Å². The number of nitrogens with zero attached hydrogens (tertiary/aromatic N) is 2. The van der Waals surface area contributed by atoms with Gasteiger partial charge in [0.2, 0.25) is 11.8 Å². The van der Waals surface area contributed by atoms with Crippen molar-refractivity contribution in [3.8, 4) is 0 Å². The first-order valence-electron chi connectivity index (χ1n) is 12.6. The predicted octanol–water partition coefficient (Wildman–Crippen LogP) is 4.77. The molecule has 1 atom stereocenters. The lowest BCUT2D eigenvalue weighted by Gasteiger charge is -2.32. The zero-order valence-corrected chi connectivity index (χ0v) is 22.9. The summed E-state index contributed by atoms with van der Waals surface area (Å²) in [5, 5.41) is 4.57. The topological polar surface area (TPSA) is 86.8 Å². The maximum absolute atomic E-state index is 13.5. The second-order valence-electron chi connectivity index (χ2n) is 10.7. The molecule has 0 spiro atoms. The Balaban J connectivity index is 1.51. The maximum Gasteiger partial charge on any atom is 0.265 e. The third kappa shape index (κ3) is 5.49. The van der Waals surface area contributed by atoms with Gasteiger partial charge in [-0.15, -0.1) is 0 Å². The lowest BCUT2D eigenvalue weighted by molar-refractivity contribution is -0.141. The average molecular weight is 522 g/mol. The second-order valence-corrected chi connectivity index (χ2v) is 12.5. The average Bonchev–Trinajstić information content (AvgIpc) is 3.05. The van der Waals surface area contributed by atoms with Crippen LogP contribution in [-0.4, -0.2) is 43.3 Å². The predicted molar refractivity (Wildman–Crippen MR) is 147 cm³/mol. The van der Waals surface area contributed by atoms with Gasteiger partial charge in [-0.05, 0) is 69.7 Å². The van der Waals surface area contributed by atoms with Crippen LogP contribution in [0.3, 0.4) is 0 Å². The van der Waals surface area contributed by atoms with Crippen molar-refractivity contribution in [2.75, 3.05) is 10.8 Å². The molecule has 1 aliphatic rings. The van der Waals surface area contributed by atoms with Gasteiger partial charge in [0.25, 0.3) is 10.0 Å². The van der Waals surface area contributed by atoms with Crippen molar-refractivity contribution >= 4 is 38.3 Å². The first-order valence-corrected chi connectivity index (χ1v) is 14.0. The van der Waals surface area contributed by atoms with E-state index in [1.165, 1.54) is 4.31 Å². The van der Waals surface area contributed by atoms with E-state index in [0.29, 0.717) is 23.5 Å². The number of hydrogen-bond acceptors (Lipinski definition) is 4. The number of amides is 2. The lowest BCUT2D eigenvalue weighted by atomic mass is 10.1. The van der Waals surface area contributed by atoms with Crippen LogP contribution in [0.4, 0.5) is 5.69 Å². The Kier molecular flexibility index (Phi) is 7.33. The number of carbonyl (C=O) groups is 2.